The fraction of sp³-hybridized carbons (Fsp3) is 0.0377. The molecule has 0 saturated carbocycles. The van der Waals surface area contributed by atoms with Gasteiger partial charge in [-0.25, -0.2) is 9.97 Å². The van der Waals surface area contributed by atoms with Gasteiger partial charge in [0, 0.05) is 61.9 Å². The SMILES string of the molecule is CCn1c2ccccc2c2cc(NC(=O)c3ccc(C(=O)Nc4nnc(-c5ccccc5)c(-c5ccccc5)n4)cc3C(=O)Nc3nnc(-c4ccccc4)c(-c4ccccc4)n3)ccc21. The fourth-order valence-electron chi connectivity index (χ4n) is 8.02. The third-order valence-electron chi connectivity index (χ3n) is 11.1. The summed E-state index contributed by atoms with van der Waals surface area (Å²) in [6.45, 7) is 2.86. The lowest BCUT2D eigenvalue weighted by molar-refractivity contribution is 0.0988. The molecule has 3 amide bonds. The highest BCUT2D eigenvalue weighted by atomic mass is 16.2. The number of hydrogen-bond acceptors (Lipinski definition) is 9. The molecule has 66 heavy (non-hydrogen) atoms. The van der Waals surface area contributed by atoms with E-state index in [1.54, 1.807) is 0 Å². The predicted octanol–water partition coefficient (Wildman–Crippen LogP) is 10.6. The zero-order valence-corrected chi connectivity index (χ0v) is 35.4. The Balaban J connectivity index is 1.01. The van der Waals surface area contributed by atoms with Crippen LogP contribution in [0.3, 0.4) is 0 Å². The van der Waals surface area contributed by atoms with E-state index in [0.29, 0.717) is 28.5 Å². The standard InChI is InChI=1S/C53H38N10O3/c1-2-63-43-26-16-15-25-39(43)41-32-38(28-30-44(41)63)54-50(65)40-29-27-37(49(64)57-52-55-45(33-17-7-3-8-18-33)47(59-61-52)35-21-11-5-12-22-35)31-42(40)51(66)58-53-56-46(34-19-9-4-10-20-34)48(60-62-53)36-23-13-6-14-24-36/h3-32H,2H2,1H3,(H,54,65)(H,55,57,61,64)(H,56,58,62,66). The zero-order chi connectivity index (χ0) is 45.0. The van der Waals surface area contributed by atoms with E-state index in [0.717, 1.165) is 50.6 Å². The summed E-state index contributed by atoms with van der Waals surface area (Å²) in [7, 11) is 0. The van der Waals surface area contributed by atoms with E-state index in [1.807, 2.05) is 152 Å². The molecule has 0 bridgehead atoms. The molecule has 3 aromatic heterocycles. The molecular weight excluding hydrogens is 825 g/mol. The van der Waals surface area contributed by atoms with E-state index < -0.39 is 17.7 Å². The highest BCUT2D eigenvalue weighted by Gasteiger charge is 2.24. The quantitative estimate of drug-likeness (QED) is 0.115. The molecule has 0 atom stereocenters. The Kier molecular flexibility index (Phi) is 11.0. The van der Waals surface area contributed by atoms with Crippen molar-refractivity contribution in [1.29, 1.82) is 0 Å². The third kappa shape index (κ3) is 8.11. The van der Waals surface area contributed by atoms with Gasteiger partial charge in [0.05, 0.1) is 11.1 Å². The molecule has 13 heteroatoms. The van der Waals surface area contributed by atoms with Gasteiger partial charge in [0.2, 0.25) is 11.9 Å². The third-order valence-corrected chi connectivity index (χ3v) is 11.1. The Morgan fingerprint density at radius 2 is 0.894 bits per heavy atom. The van der Waals surface area contributed by atoms with Crippen LogP contribution >= 0.6 is 0 Å². The molecule has 0 unspecified atom stereocenters. The average Bonchev–Trinajstić information content (AvgIpc) is 3.70. The molecule has 0 aliphatic heterocycles. The number of amides is 3. The lowest BCUT2D eigenvalue weighted by Crippen LogP contribution is -2.23. The van der Waals surface area contributed by atoms with Crippen LogP contribution in [-0.2, 0) is 6.54 Å². The molecule has 10 aromatic rings. The Hall–Kier alpha value is -9.23. The molecule has 13 nitrogen and oxygen atoms in total. The number of aromatic nitrogens is 7. The summed E-state index contributed by atoms with van der Waals surface area (Å²) in [5.74, 6) is -2.13. The maximum atomic E-state index is 14.5. The van der Waals surface area contributed by atoms with Crippen LogP contribution in [0, 0.1) is 0 Å². The van der Waals surface area contributed by atoms with Gasteiger partial charge in [0.15, 0.2) is 0 Å². The van der Waals surface area contributed by atoms with Crippen LogP contribution in [0.15, 0.2) is 182 Å². The Bertz CT molecular complexity index is 3440. The zero-order valence-electron chi connectivity index (χ0n) is 35.4. The second-order valence-electron chi connectivity index (χ2n) is 15.2. The summed E-state index contributed by atoms with van der Waals surface area (Å²) in [4.78, 5) is 52.4. The molecule has 0 fully saturated rings. The van der Waals surface area contributed by atoms with Crippen LogP contribution in [-0.4, -0.2) is 52.7 Å². The van der Waals surface area contributed by atoms with Gasteiger partial charge in [0.1, 0.15) is 22.8 Å². The number of fused-ring (bicyclic) bond motifs is 3. The van der Waals surface area contributed by atoms with E-state index >= 15 is 0 Å². The molecule has 0 radical (unpaired) electrons. The number of carbonyl (C=O) groups excluding carboxylic acids is 3. The first-order chi connectivity index (χ1) is 32.4. The summed E-state index contributed by atoms with van der Waals surface area (Å²) in [6.07, 6.45) is 0. The molecule has 3 N–H and O–H groups in total. The normalized spacial score (nSPS) is 11.0. The summed E-state index contributed by atoms with van der Waals surface area (Å²) in [5.41, 5.74) is 7.72. The molecule has 3 heterocycles. The van der Waals surface area contributed by atoms with E-state index in [9.17, 15) is 14.4 Å². The van der Waals surface area contributed by atoms with E-state index in [4.69, 9.17) is 9.97 Å². The van der Waals surface area contributed by atoms with Crippen LogP contribution < -0.4 is 16.0 Å². The lowest BCUT2D eigenvalue weighted by atomic mass is 10.0. The van der Waals surface area contributed by atoms with Crippen LogP contribution in [0.25, 0.3) is 66.8 Å². The van der Waals surface area contributed by atoms with Crippen molar-refractivity contribution >= 4 is 57.1 Å². The highest BCUT2D eigenvalue weighted by Crippen LogP contribution is 2.33. The molecular formula is C53H38N10O3. The monoisotopic (exact) mass is 862 g/mol. The van der Waals surface area contributed by atoms with Gasteiger partial charge in [-0.15, -0.1) is 20.4 Å². The molecule has 318 valence electrons. The van der Waals surface area contributed by atoms with E-state index in [-0.39, 0.29) is 28.6 Å². The number of rotatable bonds is 11. The number of hydrogen-bond donors (Lipinski definition) is 3. The molecule has 0 spiro atoms. The summed E-state index contributed by atoms with van der Waals surface area (Å²) < 4.78 is 2.22. The number of anilines is 3. The number of aryl methyl sites for hydroxylation is 1. The van der Waals surface area contributed by atoms with Gasteiger partial charge < -0.3 is 9.88 Å². The Morgan fingerprint density at radius 1 is 0.424 bits per heavy atom. The largest absolute Gasteiger partial charge is 0.341 e. The van der Waals surface area contributed by atoms with Crippen molar-refractivity contribution in [1.82, 2.24) is 34.9 Å². The number of nitrogens with zero attached hydrogens (tertiary/aromatic N) is 7. The first-order valence-electron chi connectivity index (χ1n) is 21.2. The van der Waals surface area contributed by atoms with Crippen molar-refractivity contribution in [3.63, 3.8) is 0 Å². The summed E-state index contributed by atoms with van der Waals surface area (Å²) >= 11 is 0. The van der Waals surface area contributed by atoms with Crippen LogP contribution in [0.5, 0.6) is 0 Å². The minimum atomic E-state index is -0.749. The second kappa shape index (κ2) is 17.9. The average molecular weight is 863 g/mol. The van der Waals surface area contributed by atoms with E-state index in [1.165, 1.54) is 18.2 Å². The van der Waals surface area contributed by atoms with Crippen LogP contribution in [0.1, 0.15) is 38.0 Å². The molecule has 0 saturated heterocycles. The Morgan fingerprint density at radius 3 is 1.44 bits per heavy atom. The van der Waals surface area contributed by atoms with Crippen molar-refractivity contribution in [3.8, 4) is 45.0 Å². The van der Waals surface area contributed by atoms with Gasteiger partial charge in [0.25, 0.3) is 17.7 Å². The number of benzene rings is 7. The first-order valence-corrected chi connectivity index (χ1v) is 21.2. The summed E-state index contributed by atoms with van der Waals surface area (Å²) in [5, 5.41) is 28.0. The summed E-state index contributed by atoms with van der Waals surface area (Å²) in [6, 6.07) is 56.0. The van der Waals surface area contributed by atoms with Gasteiger partial charge in [-0.3, -0.25) is 25.0 Å². The maximum Gasteiger partial charge on any atom is 0.258 e. The Labute approximate surface area is 378 Å². The predicted molar refractivity (Wildman–Crippen MR) is 257 cm³/mol. The smallest absolute Gasteiger partial charge is 0.258 e. The van der Waals surface area contributed by atoms with Crippen molar-refractivity contribution in [2.45, 2.75) is 13.5 Å². The molecule has 0 aliphatic rings. The topological polar surface area (TPSA) is 170 Å². The number of nitrogens with one attached hydrogen (secondary N) is 3. The van der Waals surface area contributed by atoms with Crippen molar-refractivity contribution in [2.24, 2.45) is 0 Å². The van der Waals surface area contributed by atoms with Crippen molar-refractivity contribution < 1.29 is 14.4 Å². The molecule has 0 aliphatic carbocycles. The minimum absolute atomic E-state index is 0.00576. The van der Waals surface area contributed by atoms with Crippen molar-refractivity contribution in [2.75, 3.05) is 16.0 Å². The minimum Gasteiger partial charge on any atom is -0.341 e. The number of carbonyl (C=O) groups is 3. The molecule has 7 aromatic carbocycles. The van der Waals surface area contributed by atoms with Crippen molar-refractivity contribution in [3.05, 3.63) is 199 Å². The molecule has 10 rings (SSSR count). The number of para-hydroxylation sites is 1. The van der Waals surface area contributed by atoms with Gasteiger partial charge in [-0.1, -0.05) is 140 Å². The van der Waals surface area contributed by atoms with Crippen LogP contribution in [0.4, 0.5) is 17.6 Å². The van der Waals surface area contributed by atoms with Gasteiger partial charge in [-0.2, -0.15) is 0 Å². The fourth-order valence-corrected chi connectivity index (χ4v) is 8.02. The lowest BCUT2D eigenvalue weighted by Gasteiger charge is -2.14. The van der Waals surface area contributed by atoms with Gasteiger partial charge >= 0.3 is 0 Å². The second-order valence-corrected chi connectivity index (χ2v) is 15.2. The van der Waals surface area contributed by atoms with E-state index in [2.05, 4.69) is 60.0 Å². The van der Waals surface area contributed by atoms with Gasteiger partial charge in [-0.05, 0) is 49.4 Å². The first kappa shape index (κ1) is 40.8. The van der Waals surface area contributed by atoms with Crippen LogP contribution in [0.2, 0.25) is 0 Å². The maximum absolute atomic E-state index is 14.5. The highest BCUT2D eigenvalue weighted by molar-refractivity contribution is 6.17.